The van der Waals surface area contributed by atoms with Gasteiger partial charge in [-0.05, 0) is 23.9 Å². The van der Waals surface area contributed by atoms with Gasteiger partial charge in [0, 0.05) is 5.56 Å². The van der Waals surface area contributed by atoms with Gasteiger partial charge in [0.25, 0.3) is 0 Å². The number of hydrogen-bond acceptors (Lipinski definition) is 3. The van der Waals surface area contributed by atoms with Crippen molar-refractivity contribution in [2.75, 3.05) is 4.90 Å². The molecule has 2 aromatic rings. The Hall–Kier alpha value is -2.26. The summed E-state index contributed by atoms with van der Waals surface area (Å²) >= 11 is 0. The van der Waals surface area contributed by atoms with Crippen molar-refractivity contribution < 1.29 is 10.2 Å². The first-order chi connectivity index (χ1) is 9.24. The number of aliphatic hydroxyl groups is 1. The molecular formula is C16H15NO2. The molecule has 3 heteroatoms. The lowest BCUT2D eigenvalue weighted by atomic mass is 9.99. The highest BCUT2D eigenvalue weighted by molar-refractivity contribution is 5.68. The van der Waals surface area contributed by atoms with Crippen LogP contribution in [0.15, 0.2) is 61.3 Å². The molecule has 3 rings (SSSR count). The van der Waals surface area contributed by atoms with Crippen LogP contribution in [0.25, 0.3) is 0 Å². The summed E-state index contributed by atoms with van der Waals surface area (Å²) in [7, 11) is 0. The molecule has 0 aromatic heterocycles. The van der Waals surface area contributed by atoms with Gasteiger partial charge in [-0.2, -0.15) is 0 Å². The molecule has 2 N–H and O–H groups in total. The van der Waals surface area contributed by atoms with Crippen molar-refractivity contribution in [2.24, 2.45) is 0 Å². The number of phenolic OH excluding ortho intramolecular Hbond substituents is 1. The summed E-state index contributed by atoms with van der Waals surface area (Å²) in [4.78, 5) is 1.90. The van der Waals surface area contributed by atoms with E-state index in [1.165, 1.54) is 0 Å². The molecule has 2 aromatic carbocycles. The Morgan fingerprint density at radius 1 is 1.05 bits per heavy atom. The Kier molecular flexibility index (Phi) is 2.76. The van der Waals surface area contributed by atoms with Crippen molar-refractivity contribution in [1.29, 1.82) is 0 Å². The molecule has 2 atom stereocenters. The Morgan fingerprint density at radius 2 is 1.79 bits per heavy atom. The smallest absolute Gasteiger partial charge is 0.123 e. The molecule has 0 radical (unpaired) electrons. The van der Waals surface area contributed by atoms with E-state index in [1.807, 2.05) is 41.3 Å². The summed E-state index contributed by atoms with van der Waals surface area (Å²) in [5.41, 5.74) is 2.36. The summed E-state index contributed by atoms with van der Waals surface area (Å²) in [6.45, 7) is 3.81. The molecule has 1 heterocycles. The van der Waals surface area contributed by atoms with E-state index in [2.05, 4.69) is 6.58 Å². The predicted molar refractivity (Wildman–Crippen MR) is 74.9 cm³/mol. The third-order valence-corrected chi connectivity index (χ3v) is 3.57. The first-order valence-corrected chi connectivity index (χ1v) is 6.20. The van der Waals surface area contributed by atoms with Crippen LogP contribution in [0, 0.1) is 0 Å². The van der Waals surface area contributed by atoms with Crippen molar-refractivity contribution in [2.45, 2.75) is 12.1 Å². The lowest BCUT2D eigenvalue weighted by molar-refractivity contribution is 0.155. The number of aromatic hydroxyl groups is 1. The van der Waals surface area contributed by atoms with Gasteiger partial charge in [-0.3, -0.25) is 0 Å². The molecule has 19 heavy (non-hydrogen) atoms. The average Bonchev–Trinajstić information content (AvgIpc) is 2.73. The van der Waals surface area contributed by atoms with Gasteiger partial charge >= 0.3 is 0 Å². The number of hydrogen-bond donors (Lipinski definition) is 2. The largest absolute Gasteiger partial charge is 0.507 e. The number of benzene rings is 2. The molecule has 0 aliphatic carbocycles. The quantitative estimate of drug-likeness (QED) is 0.864. The van der Waals surface area contributed by atoms with E-state index in [4.69, 9.17) is 0 Å². The predicted octanol–water partition coefficient (Wildman–Crippen LogP) is 3.13. The maximum atomic E-state index is 10.5. The van der Waals surface area contributed by atoms with Gasteiger partial charge < -0.3 is 15.1 Å². The molecule has 2 unspecified atom stereocenters. The molecule has 1 aliphatic rings. The Labute approximate surface area is 112 Å². The van der Waals surface area contributed by atoms with Gasteiger partial charge in [0.05, 0.1) is 11.7 Å². The van der Waals surface area contributed by atoms with Gasteiger partial charge in [0.2, 0.25) is 0 Å². The first-order valence-electron chi connectivity index (χ1n) is 6.20. The van der Waals surface area contributed by atoms with Gasteiger partial charge in [-0.15, -0.1) is 0 Å². The minimum Gasteiger partial charge on any atom is -0.507 e. The number of anilines is 1. The molecule has 96 valence electrons. The number of aliphatic hydroxyl groups excluding tert-OH is 1. The zero-order valence-corrected chi connectivity index (χ0v) is 10.4. The maximum absolute atomic E-state index is 10.5. The number of phenols is 1. The van der Waals surface area contributed by atoms with E-state index >= 15 is 0 Å². The monoisotopic (exact) mass is 253 g/mol. The lowest BCUT2D eigenvalue weighted by Gasteiger charge is -2.25. The van der Waals surface area contributed by atoms with E-state index in [0.717, 1.165) is 11.3 Å². The van der Waals surface area contributed by atoms with Gasteiger partial charge in [0.15, 0.2) is 0 Å². The van der Waals surface area contributed by atoms with Crippen LogP contribution in [-0.2, 0) is 0 Å². The van der Waals surface area contributed by atoms with Crippen LogP contribution in [0.2, 0.25) is 0 Å². The van der Waals surface area contributed by atoms with Gasteiger partial charge in [-0.25, -0.2) is 0 Å². The molecular weight excluding hydrogens is 238 g/mol. The van der Waals surface area contributed by atoms with E-state index in [0.29, 0.717) is 5.56 Å². The van der Waals surface area contributed by atoms with Crippen LogP contribution in [0.1, 0.15) is 23.3 Å². The second kappa shape index (κ2) is 4.44. The third kappa shape index (κ3) is 1.71. The Morgan fingerprint density at radius 3 is 2.47 bits per heavy atom. The summed E-state index contributed by atoms with van der Waals surface area (Å²) in [6, 6.07) is 14.7. The molecule has 0 fully saturated rings. The molecule has 0 saturated heterocycles. The van der Waals surface area contributed by atoms with Crippen molar-refractivity contribution in [3.05, 3.63) is 72.4 Å². The second-order valence-electron chi connectivity index (χ2n) is 4.60. The van der Waals surface area contributed by atoms with Crippen LogP contribution in [0.5, 0.6) is 5.75 Å². The fraction of sp³-hybridized carbons (Fsp3) is 0.125. The van der Waals surface area contributed by atoms with Crippen LogP contribution in [-0.4, -0.2) is 10.2 Å². The van der Waals surface area contributed by atoms with E-state index in [9.17, 15) is 10.2 Å². The second-order valence-corrected chi connectivity index (χ2v) is 4.60. The summed E-state index contributed by atoms with van der Waals surface area (Å²) < 4.78 is 0. The molecule has 0 saturated carbocycles. The molecule has 0 bridgehead atoms. The van der Waals surface area contributed by atoms with Crippen molar-refractivity contribution in [3.63, 3.8) is 0 Å². The highest BCUT2D eigenvalue weighted by atomic mass is 16.3. The first kappa shape index (κ1) is 11.8. The van der Waals surface area contributed by atoms with Crippen molar-refractivity contribution in [3.8, 4) is 5.75 Å². The zero-order chi connectivity index (χ0) is 13.4. The SMILES string of the molecule is C=CN1c2cccc(O)c2C(O)C1c1ccccc1. The lowest BCUT2D eigenvalue weighted by Crippen LogP contribution is -2.20. The summed E-state index contributed by atoms with van der Waals surface area (Å²) in [6.07, 6.45) is 0.920. The topological polar surface area (TPSA) is 43.7 Å². The maximum Gasteiger partial charge on any atom is 0.123 e. The molecule has 3 nitrogen and oxygen atoms in total. The van der Waals surface area contributed by atoms with E-state index in [-0.39, 0.29) is 11.8 Å². The van der Waals surface area contributed by atoms with Crippen molar-refractivity contribution >= 4 is 5.69 Å². The number of nitrogens with zero attached hydrogens (tertiary/aromatic N) is 1. The normalized spacial score (nSPS) is 21.2. The van der Waals surface area contributed by atoms with Crippen LogP contribution in [0.4, 0.5) is 5.69 Å². The van der Waals surface area contributed by atoms with Crippen molar-refractivity contribution in [1.82, 2.24) is 0 Å². The van der Waals surface area contributed by atoms with Gasteiger partial charge in [-0.1, -0.05) is 43.0 Å². The average molecular weight is 253 g/mol. The minimum absolute atomic E-state index is 0.121. The van der Waals surface area contributed by atoms with Crippen LogP contribution in [0.3, 0.4) is 0 Å². The number of rotatable bonds is 2. The van der Waals surface area contributed by atoms with Crippen LogP contribution < -0.4 is 4.90 Å². The Balaban J connectivity index is 2.15. The third-order valence-electron chi connectivity index (χ3n) is 3.57. The highest BCUT2D eigenvalue weighted by Gasteiger charge is 2.38. The standard InChI is InChI=1S/C16H15NO2/c1-2-17-12-9-6-10-13(18)14(12)16(19)15(17)11-7-4-3-5-8-11/h2-10,15-16,18-19H,1H2. The zero-order valence-electron chi connectivity index (χ0n) is 10.4. The molecule has 1 aliphatic heterocycles. The summed E-state index contributed by atoms with van der Waals surface area (Å²) in [5.74, 6) is 0.121. The molecule has 0 spiro atoms. The van der Waals surface area contributed by atoms with E-state index < -0.39 is 6.10 Å². The fourth-order valence-corrected chi connectivity index (χ4v) is 2.73. The fourth-order valence-electron chi connectivity index (χ4n) is 2.73. The highest BCUT2D eigenvalue weighted by Crippen LogP contribution is 2.50. The Bertz CT molecular complexity index is 609. The van der Waals surface area contributed by atoms with Crippen LogP contribution >= 0.6 is 0 Å². The summed E-state index contributed by atoms with van der Waals surface area (Å²) in [5, 5.41) is 20.5. The molecule has 0 amide bonds. The minimum atomic E-state index is -0.767. The van der Waals surface area contributed by atoms with E-state index in [1.54, 1.807) is 18.3 Å². The number of fused-ring (bicyclic) bond motifs is 1. The van der Waals surface area contributed by atoms with Gasteiger partial charge in [0.1, 0.15) is 11.9 Å².